The lowest BCUT2D eigenvalue weighted by molar-refractivity contribution is 0.0889. The molecule has 2 N–H and O–H groups in total. The van der Waals surface area contributed by atoms with Gasteiger partial charge in [-0.15, -0.1) is 11.3 Å². The minimum absolute atomic E-state index is 0.0611. The Labute approximate surface area is 141 Å². The van der Waals surface area contributed by atoms with Gasteiger partial charge in [0.1, 0.15) is 4.88 Å². The van der Waals surface area contributed by atoms with Crippen LogP contribution in [0.15, 0.2) is 30.3 Å². The largest absolute Gasteiger partial charge is 0.396 e. The molecule has 1 aromatic carbocycles. The second-order valence-electron chi connectivity index (χ2n) is 6.03. The Morgan fingerprint density at radius 2 is 2.04 bits per heavy atom. The number of aromatic nitrogens is 1. The summed E-state index contributed by atoms with van der Waals surface area (Å²) >= 11 is 1.45. The zero-order valence-electron chi connectivity index (χ0n) is 13.9. The topological polar surface area (TPSA) is 62.2 Å². The normalized spacial score (nSPS) is 13.6. The molecule has 1 atom stereocenters. The lowest BCUT2D eigenvalue weighted by atomic mass is 9.95. The van der Waals surface area contributed by atoms with E-state index in [1.54, 1.807) is 0 Å². The monoisotopic (exact) mass is 332 g/mol. The average molecular weight is 332 g/mol. The van der Waals surface area contributed by atoms with Gasteiger partial charge >= 0.3 is 0 Å². The van der Waals surface area contributed by atoms with Gasteiger partial charge in [-0.3, -0.25) is 4.79 Å². The number of hydrogen-bond donors (Lipinski definition) is 2. The van der Waals surface area contributed by atoms with Crippen LogP contribution in [-0.2, 0) is 6.42 Å². The van der Waals surface area contributed by atoms with Gasteiger partial charge in [0, 0.05) is 18.6 Å². The Balaban J connectivity index is 2.12. The van der Waals surface area contributed by atoms with Crippen LogP contribution in [0.4, 0.5) is 0 Å². The molecule has 0 saturated heterocycles. The first kappa shape index (κ1) is 17.6. The smallest absolute Gasteiger partial charge is 0.263 e. The van der Waals surface area contributed by atoms with E-state index in [1.807, 2.05) is 39.0 Å². The van der Waals surface area contributed by atoms with Gasteiger partial charge in [-0.1, -0.05) is 37.3 Å². The van der Waals surface area contributed by atoms with Crippen molar-refractivity contribution < 1.29 is 9.90 Å². The van der Waals surface area contributed by atoms with E-state index < -0.39 is 0 Å². The summed E-state index contributed by atoms with van der Waals surface area (Å²) in [5.41, 5.74) is 1.56. The highest BCUT2D eigenvalue weighted by Crippen LogP contribution is 2.23. The van der Waals surface area contributed by atoms with Crippen molar-refractivity contribution in [2.45, 2.75) is 45.6 Å². The molecule has 0 aliphatic carbocycles. The van der Waals surface area contributed by atoms with Crippen LogP contribution in [0.2, 0.25) is 0 Å². The molecule has 4 nitrogen and oxygen atoms in total. The number of thiazole rings is 1. The molecular weight excluding hydrogens is 308 g/mol. The number of aliphatic hydroxyl groups is 1. The fourth-order valence-corrected chi connectivity index (χ4v) is 3.41. The number of aliphatic hydroxyl groups excluding tert-OH is 1. The first-order valence-electron chi connectivity index (χ1n) is 7.91. The third-order valence-electron chi connectivity index (χ3n) is 4.10. The molecule has 0 radical (unpaired) electrons. The number of nitrogens with one attached hydrogen (secondary N) is 1. The predicted octanol–water partition coefficient (Wildman–Crippen LogP) is 3.32. The van der Waals surface area contributed by atoms with Crippen LogP contribution in [0.3, 0.4) is 0 Å². The molecule has 5 heteroatoms. The van der Waals surface area contributed by atoms with Crippen LogP contribution in [0.25, 0.3) is 0 Å². The zero-order chi connectivity index (χ0) is 16.9. The van der Waals surface area contributed by atoms with Crippen LogP contribution in [0, 0.1) is 6.92 Å². The van der Waals surface area contributed by atoms with E-state index in [2.05, 4.69) is 22.4 Å². The number of carbonyl (C=O) groups excluding carboxylic acids is 1. The first-order valence-corrected chi connectivity index (χ1v) is 8.72. The molecule has 2 rings (SSSR count). The number of hydrogen-bond acceptors (Lipinski definition) is 4. The number of nitrogens with zero attached hydrogens (tertiary/aromatic N) is 1. The van der Waals surface area contributed by atoms with E-state index in [9.17, 15) is 9.90 Å². The van der Waals surface area contributed by atoms with Gasteiger partial charge in [0.05, 0.1) is 10.7 Å². The summed E-state index contributed by atoms with van der Waals surface area (Å²) in [6.45, 7) is 5.90. The highest BCUT2D eigenvalue weighted by Gasteiger charge is 2.26. The standard InChI is InChI=1S/C18H24N2O2S/c1-4-18(3,10-11-21)20-17(22)16-13(2)19-15(23-16)12-14-8-6-5-7-9-14/h5-9,21H,4,10-12H2,1-3H3,(H,20,22). The number of benzene rings is 1. The van der Waals surface area contributed by atoms with Gasteiger partial charge in [-0.25, -0.2) is 4.98 Å². The second-order valence-corrected chi connectivity index (χ2v) is 7.11. The number of carbonyl (C=O) groups is 1. The van der Waals surface area contributed by atoms with Crippen LogP contribution < -0.4 is 5.32 Å². The maximum absolute atomic E-state index is 12.6. The lowest BCUT2D eigenvalue weighted by Crippen LogP contribution is -2.46. The van der Waals surface area contributed by atoms with Crippen LogP contribution in [0.5, 0.6) is 0 Å². The third kappa shape index (κ3) is 4.62. The molecule has 1 aromatic heterocycles. The predicted molar refractivity (Wildman–Crippen MR) is 94.0 cm³/mol. The highest BCUT2D eigenvalue weighted by molar-refractivity contribution is 7.13. The summed E-state index contributed by atoms with van der Waals surface area (Å²) in [6.07, 6.45) is 2.05. The van der Waals surface area contributed by atoms with E-state index in [0.29, 0.717) is 11.3 Å². The van der Waals surface area contributed by atoms with Crippen molar-refractivity contribution in [2.24, 2.45) is 0 Å². The maximum Gasteiger partial charge on any atom is 0.263 e. The van der Waals surface area contributed by atoms with Crippen molar-refractivity contribution in [1.82, 2.24) is 10.3 Å². The summed E-state index contributed by atoms with van der Waals surface area (Å²) < 4.78 is 0. The van der Waals surface area contributed by atoms with Crippen molar-refractivity contribution in [1.29, 1.82) is 0 Å². The van der Waals surface area contributed by atoms with E-state index in [-0.39, 0.29) is 18.1 Å². The molecule has 1 heterocycles. The Morgan fingerprint density at radius 3 is 2.65 bits per heavy atom. The summed E-state index contributed by atoms with van der Waals surface area (Å²) in [5.74, 6) is -0.0999. The minimum atomic E-state index is -0.387. The van der Waals surface area contributed by atoms with Crippen LogP contribution in [-0.4, -0.2) is 28.1 Å². The molecule has 0 spiro atoms. The van der Waals surface area contributed by atoms with Gasteiger partial charge in [0.2, 0.25) is 0 Å². The number of rotatable bonds is 7. The fraction of sp³-hybridized carbons (Fsp3) is 0.444. The van der Waals surface area contributed by atoms with Crippen molar-refractivity contribution in [3.05, 3.63) is 51.5 Å². The molecule has 124 valence electrons. The van der Waals surface area contributed by atoms with Crippen LogP contribution in [0.1, 0.15) is 52.6 Å². The first-order chi connectivity index (χ1) is 11.0. The van der Waals surface area contributed by atoms with E-state index >= 15 is 0 Å². The lowest BCUT2D eigenvalue weighted by Gasteiger charge is -2.28. The Bertz CT molecular complexity index is 654. The van der Waals surface area contributed by atoms with Crippen molar-refractivity contribution >= 4 is 17.2 Å². The zero-order valence-corrected chi connectivity index (χ0v) is 14.7. The molecular formula is C18H24N2O2S. The maximum atomic E-state index is 12.6. The molecule has 0 aliphatic heterocycles. The average Bonchev–Trinajstić information content (AvgIpc) is 2.89. The summed E-state index contributed by atoms with van der Waals surface area (Å²) in [6, 6.07) is 10.1. The van der Waals surface area contributed by atoms with Crippen molar-refractivity contribution in [3.8, 4) is 0 Å². The van der Waals surface area contributed by atoms with E-state index in [4.69, 9.17) is 0 Å². The number of amides is 1. The van der Waals surface area contributed by atoms with Crippen LogP contribution >= 0.6 is 11.3 Å². The Hall–Kier alpha value is -1.72. The highest BCUT2D eigenvalue weighted by atomic mass is 32.1. The third-order valence-corrected chi connectivity index (χ3v) is 5.26. The van der Waals surface area contributed by atoms with Gasteiger partial charge in [-0.2, -0.15) is 0 Å². The molecule has 0 bridgehead atoms. The molecule has 1 amide bonds. The van der Waals surface area contributed by atoms with Crippen molar-refractivity contribution in [3.63, 3.8) is 0 Å². The summed E-state index contributed by atoms with van der Waals surface area (Å²) in [4.78, 5) is 17.8. The molecule has 2 aromatic rings. The molecule has 0 saturated carbocycles. The van der Waals surface area contributed by atoms with Gasteiger partial charge < -0.3 is 10.4 Å². The fourth-order valence-electron chi connectivity index (χ4n) is 2.41. The summed E-state index contributed by atoms with van der Waals surface area (Å²) in [5, 5.41) is 13.2. The van der Waals surface area contributed by atoms with Gasteiger partial charge in [0.15, 0.2) is 0 Å². The van der Waals surface area contributed by atoms with Crippen molar-refractivity contribution in [2.75, 3.05) is 6.61 Å². The molecule has 0 fully saturated rings. The summed E-state index contributed by atoms with van der Waals surface area (Å²) in [7, 11) is 0. The second kappa shape index (κ2) is 7.70. The minimum Gasteiger partial charge on any atom is -0.396 e. The van der Waals surface area contributed by atoms with Gasteiger partial charge in [-0.05, 0) is 32.3 Å². The number of aryl methyl sites for hydroxylation is 1. The van der Waals surface area contributed by atoms with Gasteiger partial charge in [0.25, 0.3) is 5.91 Å². The SMILES string of the molecule is CCC(C)(CCO)NC(=O)c1sc(Cc2ccccc2)nc1C. The quantitative estimate of drug-likeness (QED) is 0.817. The Kier molecular flexibility index (Phi) is 5.91. The molecule has 1 unspecified atom stereocenters. The molecule has 0 aliphatic rings. The Morgan fingerprint density at radius 1 is 1.35 bits per heavy atom. The van der Waals surface area contributed by atoms with E-state index in [0.717, 1.165) is 23.5 Å². The van der Waals surface area contributed by atoms with E-state index in [1.165, 1.54) is 16.9 Å². The molecule has 23 heavy (non-hydrogen) atoms.